The van der Waals surface area contributed by atoms with E-state index in [9.17, 15) is 0 Å². The fourth-order valence-corrected chi connectivity index (χ4v) is 2.40. The summed E-state index contributed by atoms with van der Waals surface area (Å²) in [4.78, 5) is 0. The molecule has 0 aromatic heterocycles. The first-order chi connectivity index (χ1) is 4.47. The number of hydrogen-bond acceptors (Lipinski definition) is 2. The second-order valence-corrected chi connectivity index (χ2v) is 3.67. The smallest absolute Gasteiger partial charge is 0.0283 e. The first-order valence-electron chi connectivity index (χ1n) is 3.42. The van der Waals surface area contributed by atoms with Gasteiger partial charge in [0.05, 0.1) is 0 Å². The highest BCUT2D eigenvalue weighted by Crippen LogP contribution is 2.32. The zero-order valence-electron chi connectivity index (χ0n) is 5.26. The van der Waals surface area contributed by atoms with Crippen LogP contribution in [0.2, 0.25) is 0 Å². The summed E-state index contributed by atoms with van der Waals surface area (Å²) < 4.78 is 0. The standard InChI is InChI=1S/C7H10NS/c1-3-8-5-7-6(1)2-4-9-7/h2,6-8H,1,3,5H2. The highest BCUT2D eigenvalue weighted by molar-refractivity contribution is 8.01. The molecule has 2 unspecified atom stereocenters. The molecule has 2 aliphatic rings. The van der Waals surface area contributed by atoms with Gasteiger partial charge in [0.2, 0.25) is 0 Å². The summed E-state index contributed by atoms with van der Waals surface area (Å²) in [6, 6.07) is 0. The molecule has 0 bridgehead atoms. The zero-order valence-corrected chi connectivity index (χ0v) is 6.08. The molecule has 0 amide bonds. The second-order valence-electron chi connectivity index (χ2n) is 2.60. The Labute approximate surface area is 59.9 Å². The van der Waals surface area contributed by atoms with Crippen molar-refractivity contribution >= 4 is 11.8 Å². The Hall–Kier alpha value is 0.0500. The van der Waals surface area contributed by atoms with Crippen LogP contribution in [0.25, 0.3) is 0 Å². The Morgan fingerprint density at radius 3 is 3.56 bits per heavy atom. The van der Waals surface area contributed by atoms with Gasteiger partial charge in [-0.1, -0.05) is 6.08 Å². The van der Waals surface area contributed by atoms with Gasteiger partial charge in [-0.15, -0.1) is 11.8 Å². The number of nitrogens with one attached hydrogen (secondary N) is 1. The van der Waals surface area contributed by atoms with Gasteiger partial charge in [0, 0.05) is 17.2 Å². The third-order valence-corrected chi connectivity index (χ3v) is 3.07. The average Bonchev–Trinajstić information content (AvgIpc) is 2.33. The number of rotatable bonds is 0. The van der Waals surface area contributed by atoms with E-state index in [1.54, 1.807) is 0 Å². The normalized spacial score (nSPS) is 40.9. The first-order valence-corrected chi connectivity index (χ1v) is 4.30. The van der Waals surface area contributed by atoms with Crippen molar-refractivity contribution in [2.24, 2.45) is 5.92 Å². The summed E-state index contributed by atoms with van der Waals surface area (Å²) in [5.41, 5.74) is 0. The molecule has 0 saturated carbocycles. The number of fused-ring (bicyclic) bond motifs is 1. The summed E-state index contributed by atoms with van der Waals surface area (Å²) >= 11 is 1.86. The Kier molecular flexibility index (Phi) is 1.52. The van der Waals surface area contributed by atoms with E-state index in [0.29, 0.717) is 0 Å². The Morgan fingerprint density at radius 2 is 2.67 bits per heavy atom. The predicted molar refractivity (Wildman–Crippen MR) is 40.2 cm³/mol. The molecule has 0 aromatic carbocycles. The van der Waals surface area contributed by atoms with Gasteiger partial charge in [-0.05, 0) is 18.9 Å². The SMILES string of the molecule is [C]1=CC2CCNCC2S1. The van der Waals surface area contributed by atoms with Crippen molar-refractivity contribution in [2.45, 2.75) is 11.7 Å². The number of thioether (sulfide) groups is 1. The Bertz CT molecular complexity index is 133. The number of allylic oxidation sites excluding steroid dienone is 1. The predicted octanol–water partition coefficient (Wildman–Crippen LogP) is 1.03. The fourth-order valence-electron chi connectivity index (χ4n) is 1.38. The van der Waals surface area contributed by atoms with Crippen LogP contribution in [-0.2, 0) is 0 Å². The lowest BCUT2D eigenvalue weighted by Gasteiger charge is -2.24. The molecule has 1 fully saturated rings. The van der Waals surface area contributed by atoms with Crippen LogP contribution >= 0.6 is 11.8 Å². The van der Waals surface area contributed by atoms with E-state index >= 15 is 0 Å². The van der Waals surface area contributed by atoms with E-state index in [4.69, 9.17) is 0 Å². The van der Waals surface area contributed by atoms with E-state index in [0.717, 1.165) is 11.2 Å². The zero-order chi connectivity index (χ0) is 6.10. The lowest BCUT2D eigenvalue weighted by molar-refractivity contribution is 0.454. The fraction of sp³-hybridized carbons (Fsp3) is 0.714. The minimum absolute atomic E-state index is 0.804. The molecular weight excluding hydrogens is 130 g/mol. The molecule has 2 rings (SSSR count). The summed E-state index contributed by atoms with van der Waals surface area (Å²) in [5.74, 6) is 0.830. The molecule has 1 saturated heterocycles. The molecule has 1 radical (unpaired) electrons. The highest BCUT2D eigenvalue weighted by Gasteiger charge is 2.25. The van der Waals surface area contributed by atoms with Gasteiger partial charge >= 0.3 is 0 Å². The second kappa shape index (κ2) is 2.35. The largest absolute Gasteiger partial charge is 0.316 e. The monoisotopic (exact) mass is 140 g/mol. The molecule has 0 spiro atoms. The maximum absolute atomic E-state index is 3.38. The summed E-state index contributed by atoms with van der Waals surface area (Å²) in [5, 5.41) is 7.40. The van der Waals surface area contributed by atoms with Crippen molar-refractivity contribution in [3.63, 3.8) is 0 Å². The molecular formula is C7H10NS. The molecule has 49 valence electrons. The van der Waals surface area contributed by atoms with Gasteiger partial charge in [-0.25, -0.2) is 0 Å². The van der Waals surface area contributed by atoms with Gasteiger partial charge in [-0.2, -0.15) is 0 Å². The van der Waals surface area contributed by atoms with Crippen molar-refractivity contribution in [3.05, 3.63) is 11.5 Å². The van der Waals surface area contributed by atoms with Crippen LogP contribution in [0, 0.1) is 11.3 Å². The molecule has 2 aliphatic heterocycles. The lowest BCUT2D eigenvalue weighted by Crippen LogP contribution is -2.36. The Balaban J connectivity index is 2.03. The molecule has 2 heteroatoms. The molecule has 0 aliphatic carbocycles. The molecule has 0 aromatic rings. The van der Waals surface area contributed by atoms with Gasteiger partial charge in [0.1, 0.15) is 0 Å². The van der Waals surface area contributed by atoms with Crippen LogP contribution in [-0.4, -0.2) is 18.3 Å². The molecule has 1 nitrogen and oxygen atoms in total. The minimum atomic E-state index is 0.804. The molecule has 1 N–H and O–H groups in total. The number of hydrogen-bond donors (Lipinski definition) is 1. The highest BCUT2D eigenvalue weighted by atomic mass is 32.2. The van der Waals surface area contributed by atoms with Gasteiger partial charge in [0.15, 0.2) is 0 Å². The van der Waals surface area contributed by atoms with Crippen molar-refractivity contribution in [3.8, 4) is 0 Å². The molecule has 2 atom stereocenters. The Morgan fingerprint density at radius 1 is 1.67 bits per heavy atom. The summed E-state index contributed by atoms with van der Waals surface area (Å²) in [7, 11) is 0. The van der Waals surface area contributed by atoms with Crippen LogP contribution in [0.1, 0.15) is 6.42 Å². The van der Waals surface area contributed by atoms with Crippen LogP contribution in [0.5, 0.6) is 0 Å². The van der Waals surface area contributed by atoms with Crippen LogP contribution in [0.15, 0.2) is 6.08 Å². The van der Waals surface area contributed by atoms with Crippen LogP contribution < -0.4 is 5.32 Å². The topological polar surface area (TPSA) is 12.0 Å². The summed E-state index contributed by atoms with van der Waals surface area (Å²) in [6.45, 7) is 2.37. The van der Waals surface area contributed by atoms with Crippen molar-refractivity contribution in [2.75, 3.05) is 13.1 Å². The van der Waals surface area contributed by atoms with E-state index in [-0.39, 0.29) is 0 Å². The van der Waals surface area contributed by atoms with Gasteiger partial charge in [-0.3, -0.25) is 0 Å². The first kappa shape index (κ1) is 5.81. The summed E-state index contributed by atoms with van der Waals surface area (Å²) in [6.07, 6.45) is 3.54. The van der Waals surface area contributed by atoms with Crippen LogP contribution in [0.3, 0.4) is 0 Å². The third-order valence-electron chi connectivity index (χ3n) is 1.98. The van der Waals surface area contributed by atoms with E-state index in [1.165, 1.54) is 19.5 Å². The quantitative estimate of drug-likeness (QED) is 0.539. The van der Waals surface area contributed by atoms with E-state index in [2.05, 4.69) is 16.8 Å². The van der Waals surface area contributed by atoms with Crippen molar-refractivity contribution in [1.29, 1.82) is 0 Å². The molecule has 9 heavy (non-hydrogen) atoms. The maximum Gasteiger partial charge on any atom is 0.0283 e. The van der Waals surface area contributed by atoms with E-state index in [1.807, 2.05) is 11.8 Å². The van der Waals surface area contributed by atoms with Crippen molar-refractivity contribution in [1.82, 2.24) is 5.32 Å². The molecule has 2 heterocycles. The lowest BCUT2D eigenvalue weighted by atomic mass is 9.98. The van der Waals surface area contributed by atoms with Gasteiger partial charge < -0.3 is 5.32 Å². The number of piperidine rings is 1. The maximum atomic E-state index is 3.38. The minimum Gasteiger partial charge on any atom is -0.316 e. The van der Waals surface area contributed by atoms with Gasteiger partial charge in [0.25, 0.3) is 0 Å². The average molecular weight is 140 g/mol. The van der Waals surface area contributed by atoms with Crippen LogP contribution in [0.4, 0.5) is 0 Å². The third kappa shape index (κ3) is 1.01. The van der Waals surface area contributed by atoms with E-state index < -0.39 is 0 Å². The van der Waals surface area contributed by atoms with Crippen molar-refractivity contribution < 1.29 is 0 Å².